The van der Waals surface area contributed by atoms with Crippen LogP contribution in [-0.2, 0) is 9.53 Å². The maximum absolute atomic E-state index is 13.0. The normalized spacial score (nSPS) is 21.7. The lowest BCUT2D eigenvalue weighted by Crippen LogP contribution is -2.47. The molecule has 0 radical (unpaired) electrons. The van der Waals surface area contributed by atoms with E-state index in [0.717, 1.165) is 32.1 Å². The molecule has 1 aliphatic carbocycles. The molecule has 2 nitrogen and oxygen atoms in total. The van der Waals surface area contributed by atoms with Crippen molar-refractivity contribution in [3.63, 3.8) is 0 Å². The molecule has 0 aromatic rings. The molecule has 0 aromatic heterocycles. The summed E-state index contributed by atoms with van der Waals surface area (Å²) in [5.41, 5.74) is -0.984. The van der Waals surface area contributed by atoms with Gasteiger partial charge < -0.3 is 4.74 Å². The van der Waals surface area contributed by atoms with Crippen LogP contribution in [0.25, 0.3) is 0 Å². The fourth-order valence-electron chi connectivity index (χ4n) is 3.32. The second-order valence-electron chi connectivity index (χ2n) is 9.19. The Hall–Kier alpha value is -0.790. The van der Waals surface area contributed by atoms with Gasteiger partial charge >= 0.3 is 5.97 Å². The van der Waals surface area contributed by atoms with Crippen molar-refractivity contribution in [3.05, 3.63) is 12.7 Å². The SMILES string of the molecule is C=CC1(OC(=O)C(C)(CC(C)(C)C)C(C)(C)C)CCCC1. The Kier molecular flexibility index (Phi) is 5.02. The molecule has 1 atom stereocenters. The van der Waals surface area contributed by atoms with Crippen molar-refractivity contribution in [2.24, 2.45) is 16.2 Å². The van der Waals surface area contributed by atoms with Gasteiger partial charge in [-0.1, -0.05) is 48.1 Å². The van der Waals surface area contributed by atoms with E-state index in [9.17, 15) is 4.79 Å². The van der Waals surface area contributed by atoms with Crippen LogP contribution >= 0.6 is 0 Å². The smallest absolute Gasteiger partial charge is 0.313 e. The van der Waals surface area contributed by atoms with Crippen LogP contribution in [-0.4, -0.2) is 11.6 Å². The van der Waals surface area contributed by atoms with Crippen molar-refractivity contribution in [2.75, 3.05) is 0 Å². The predicted molar refractivity (Wildman–Crippen MR) is 89.1 cm³/mol. The van der Waals surface area contributed by atoms with E-state index >= 15 is 0 Å². The second-order valence-corrected chi connectivity index (χ2v) is 9.19. The highest BCUT2D eigenvalue weighted by molar-refractivity contribution is 5.78. The number of rotatable bonds is 4. The molecule has 2 heteroatoms. The molecule has 0 saturated heterocycles. The maximum atomic E-state index is 13.0. The lowest BCUT2D eigenvalue weighted by Gasteiger charge is -2.45. The summed E-state index contributed by atoms with van der Waals surface area (Å²) < 4.78 is 6.03. The Labute approximate surface area is 131 Å². The summed E-state index contributed by atoms with van der Waals surface area (Å²) in [7, 11) is 0. The summed E-state index contributed by atoms with van der Waals surface area (Å²) in [4.78, 5) is 13.0. The average molecular weight is 294 g/mol. The molecule has 0 heterocycles. The van der Waals surface area contributed by atoms with Gasteiger partial charge in [-0.05, 0) is 55.9 Å². The van der Waals surface area contributed by atoms with Crippen LogP contribution in [0.2, 0.25) is 0 Å². The fraction of sp³-hybridized carbons (Fsp3) is 0.842. The molecule has 21 heavy (non-hydrogen) atoms. The quantitative estimate of drug-likeness (QED) is 0.504. The number of esters is 1. The van der Waals surface area contributed by atoms with Crippen LogP contribution in [0.3, 0.4) is 0 Å². The van der Waals surface area contributed by atoms with Gasteiger partial charge in [0.25, 0.3) is 0 Å². The summed E-state index contributed by atoms with van der Waals surface area (Å²) in [6.45, 7) is 18.9. The van der Waals surface area contributed by atoms with Crippen molar-refractivity contribution >= 4 is 5.97 Å². The first-order chi connectivity index (χ1) is 9.35. The summed E-state index contributed by atoms with van der Waals surface area (Å²) >= 11 is 0. The Balaban J connectivity index is 3.04. The molecule has 0 bridgehead atoms. The lowest BCUT2D eigenvalue weighted by atomic mass is 9.61. The first kappa shape index (κ1) is 18.3. The fourth-order valence-corrected chi connectivity index (χ4v) is 3.32. The van der Waals surface area contributed by atoms with Gasteiger partial charge in [-0.15, -0.1) is 0 Å². The molecular weight excluding hydrogens is 260 g/mol. The molecule has 0 aliphatic heterocycles. The highest BCUT2D eigenvalue weighted by Gasteiger charge is 2.50. The van der Waals surface area contributed by atoms with Gasteiger partial charge in [-0.3, -0.25) is 4.79 Å². The van der Waals surface area contributed by atoms with E-state index in [1.165, 1.54) is 0 Å². The Morgan fingerprint density at radius 1 is 1.10 bits per heavy atom. The Bertz CT molecular complexity index is 389. The number of carbonyl (C=O) groups excluding carboxylic acids is 1. The molecule has 1 unspecified atom stereocenters. The summed E-state index contributed by atoms with van der Waals surface area (Å²) in [6.07, 6.45) is 6.72. The van der Waals surface area contributed by atoms with Crippen molar-refractivity contribution in [3.8, 4) is 0 Å². The van der Waals surface area contributed by atoms with E-state index in [4.69, 9.17) is 4.74 Å². The molecule has 1 aliphatic rings. The minimum absolute atomic E-state index is 0.0632. The van der Waals surface area contributed by atoms with Gasteiger partial charge in [-0.25, -0.2) is 0 Å². The largest absolute Gasteiger partial charge is 0.454 e. The third kappa shape index (κ3) is 4.11. The summed E-state index contributed by atoms with van der Waals surface area (Å²) in [5.74, 6) is -0.0632. The molecule has 0 aromatic carbocycles. The van der Waals surface area contributed by atoms with Crippen LogP contribution in [0.1, 0.15) is 80.6 Å². The minimum atomic E-state index is -0.496. The van der Waals surface area contributed by atoms with Gasteiger partial charge in [0.2, 0.25) is 0 Å². The molecule has 1 fully saturated rings. The van der Waals surface area contributed by atoms with E-state index in [0.29, 0.717) is 0 Å². The van der Waals surface area contributed by atoms with Gasteiger partial charge in [-0.2, -0.15) is 0 Å². The standard InChI is InChI=1S/C19H34O2/c1-9-19(12-10-11-13-19)21-15(20)18(8,17(5,6)7)14-16(2,3)4/h9H,1,10-14H2,2-8H3. The minimum Gasteiger partial charge on any atom is -0.454 e. The van der Waals surface area contributed by atoms with Crippen LogP contribution in [0, 0.1) is 16.2 Å². The molecule has 1 rings (SSSR count). The lowest BCUT2D eigenvalue weighted by molar-refractivity contribution is -0.176. The van der Waals surface area contributed by atoms with Gasteiger partial charge in [0.05, 0.1) is 5.41 Å². The Morgan fingerprint density at radius 2 is 1.57 bits per heavy atom. The molecule has 1 saturated carbocycles. The monoisotopic (exact) mass is 294 g/mol. The van der Waals surface area contributed by atoms with Gasteiger partial charge in [0.15, 0.2) is 0 Å². The first-order valence-electron chi connectivity index (χ1n) is 8.22. The van der Waals surface area contributed by atoms with Crippen molar-refractivity contribution in [1.82, 2.24) is 0 Å². The van der Waals surface area contributed by atoms with Gasteiger partial charge in [0.1, 0.15) is 5.60 Å². The molecule has 0 amide bonds. The van der Waals surface area contributed by atoms with E-state index in [2.05, 4.69) is 55.0 Å². The third-order valence-electron chi connectivity index (χ3n) is 5.11. The number of ether oxygens (including phenoxy) is 1. The zero-order valence-electron chi connectivity index (χ0n) is 15.1. The highest BCUT2D eigenvalue weighted by Crippen LogP contribution is 2.49. The van der Waals surface area contributed by atoms with E-state index < -0.39 is 11.0 Å². The van der Waals surface area contributed by atoms with Crippen molar-refractivity contribution < 1.29 is 9.53 Å². The zero-order valence-corrected chi connectivity index (χ0v) is 15.1. The first-order valence-corrected chi connectivity index (χ1v) is 8.22. The highest BCUT2D eigenvalue weighted by atomic mass is 16.6. The summed E-state index contributed by atoms with van der Waals surface area (Å²) in [6, 6.07) is 0. The second kappa shape index (κ2) is 5.78. The molecule has 0 spiro atoms. The van der Waals surface area contributed by atoms with Crippen LogP contribution < -0.4 is 0 Å². The average Bonchev–Trinajstić information content (AvgIpc) is 2.74. The van der Waals surface area contributed by atoms with Crippen LogP contribution in [0.4, 0.5) is 0 Å². The summed E-state index contributed by atoms with van der Waals surface area (Å²) in [5, 5.41) is 0. The zero-order chi connectivity index (χ0) is 16.5. The Morgan fingerprint density at radius 3 is 1.90 bits per heavy atom. The number of hydrogen-bond acceptors (Lipinski definition) is 2. The van der Waals surface area contributed by atoms with Gasteiger partial charge in [0, 0.05) is 0 Å². The van der Waals surface area contributed by atoms with E-state index in [1.54, 1.807) is 0 Å². The maximum Gasteiger partial charge on any atom is 0.313 e. The number of hydrogen-bond donors (Lipinski definition) is 0. The third-order valence-corrected chi connectivity index (χ3v) is 5.11. The topological polar surface area (TPSA) is 26.3 Å². The number of carbonyl (C=O) groups is 1. The predicted octanol–water partition coefficient (Wildman–Crippen LogP) is 5.52. The van der Waals surface area contributed by atoms with Crippen LogP contribution in [0.5, 0.6) is 0 Å². The van der Waals surface area contributed by atoms with Crippen LogP contribution in [0.15, 0.2) is 12.7 Å². The van der Waals surface area contributed by atoms with Crippen molar-refractivity contribution in [2.45, 2.75) is 86.2 Å². The van der Waals surface area contributed by atoms with E-state index in [1.807, 2.05) is 6.08 Å². The molecular formula is C19H34O2. The molecule has 122 valence electrons. The molecule has 0 N–H and O–H groups in total. The van der Waals surface area contributed by atoms with E-state index in [-0.39, 0.29) is 16.8 Å². The van der Waals surface area contributed by atoms with Crippen molar-refractivity contribution in [1.29, 1.82) is 0 Å².